The van der Waals surface area contributed by atoms with Crippen molar-refractivity contribution in [2.45, 2.75) is 10.6 Å². The van der Waals surface area contributed by atoms with Crippen LogP contribution >= 0.6 is 0 Å². The molecule has 0 radical (unpaired) electrons. The number of carbonyl (C=O) groups excluding carboxylic acids is 1. The highest BCUT2D eigenvalue weighted by Crippen LogP contribution is 2.19. The first-order valence-corrected chi connectivity index (χ1v) is 10.6. The first kappa shape index (κ1) is 18.5. The van der Waals surface area contributed by atoms with E-state index in [2.05, 4.69) is 17.0 Å². The molecule has 0 bridgehead atoms. The van der Waals surface area contributed by atoms with Gasteiger partial charge in [-0.3, -0.25) is 9.00 Å². The maximum absolute atomic E-state index is 12.7. The molecule has 2 aromatic carbocycles. The minimum atomic E-state index is -1.19. The van der Waals surface area contributed by atoms with Crippen molar-refractivity contribution in [3.63, 3.8) is 0 Å². The summed E-state index contributed by atoms with van der Waals surface area (Å²) in [6.07, 6.45) is 0. The summed E-state index contributed by atoms with van der Waals surface area (Å²) in [5.74, 6) is 1.03. The van der Waals surface area contributed by atoms with E-state index in [4.69, 9.17) is 4.42 Å². The Morgan fingerprint density at radius 2 is 1.50 bits per heavy atom. The van der Waals surface area contributed by atoms with E-state index in [1.54, 1.807) is 12.1 Å². The average molecular weight is 394 g/mol. The van der Waals surface area contributed by atoms with Gasteiger partial charge >= 0.3 is 0 Å². The number of rotatable bonds is 5. The van der Waals surface area contributed by atoms with Crippen LogP contribution in [0.5, 0.6) is 0 Å². The standard InChI is InChI=1S/C22H22N2O3S/c25-22(24-15-13-23(14-16-24)18-7-3-1-4-8-18)21-12-11-19(27-21)17-28(26)20-9-5-2-6-10-20/h1-12H,13-17H2. The number of amides is 1. The van der Waals surface area contributed by atoms with Crippen molar-refractivity contribution >= 4 is 22.4 Å². The molecule has 1 amide bonds. The van der Waals surface area contributed by atoms with Gasteiger partial charge in [0, 0.05) is 36.8 Å². The minimum absolute atomic E-state index is 0.107. The van der Waals surface area contributed by atoms with E-state index in [1.807, 2.05) is 53.4 Å². The Hall–Kier alpha value is -2.86. The SMILES string of the molecule is O=C(c1ccc(CS(=O)c2ccccc2)o1)N1CCN(c2ccccc2)CC1. The molecule has 0 spiro atoms. The van der Waals surface area contributed by atoms with E-state index in [0.717, 1.165) is 18.0 Å². The van der Waals surface area contributed by atoms with Crippen LogP contribution in [0, 0.1) is 0 Å². The van der Waals surface area contributed by atoms with Gasteiger partial charge in [0.05, 0.1) is 16.6 Å². The van der Waals surface area contributed by atoms with Gasteiger partial charge in [0.15, 0.2) is 5.76 Å². The molecule has 0 aliphatic carbocycles. The van der Waals surface area contributed by atoms with Gasteiger partial charge in [0.1, 0.15) is 5.76 Å². The molecule has 1 aromatic heterocycles. The second kappa shape index (κ2) is 8.44. The topological polar surface area (TPSA) is 53.8 Å². The highest BCUT2D eigenvalue weighted by molar-refractivity contribution is 7.84. The van der Waals surface area contributed by atoms with Crippen LogP contribution in [0.15, 0.2) is 82.1 Å². The molecule has 1 atom stereocenters. The quantitative estimate of drug-likeness (QED) is 0.664. The van der Waals surface area contributed by atoms with E-state index in [9.17, 15) is 9.00 Å². The van der Waals surface area contributed by atoms with Gasteiger partial charge < -0.3 is 14.2 Å². The zero-order valence-corrected chi connectivity index (χ0v) is 16.3. The smallest absolute Gasteiger partial charge is 0.289 e. The summed E-state index contributed by atoms with van der Waals surface area (Å²) in [6, 6.07) is 22.9. The Kier molecular flexibility index (Phi) is 5.58. The van der Waals surface area contributed by atoms with Crippen LogP contribution in [0.25, 0.3) is 0 Å². The molecule has 2 heterocycles. The molecule has 0 N–H and O–H groups in total. The molecule has 1 aliphatic rings. The summed E-state index contributed by atoms with van der Waals surface area (Å²) in [5.41, 5.74) is 1.18. The molecule has 1 saturated heterocycles. The lowest BCUT2D eigenvalue weighted by Gasteiger charge is -2.35. The Labute approximate surface area is 167 Å². The molecule has 28 heavy (non-hydrogen) atoms. The summed E-state index contributed by atoms with van der Waals surface area (Å²) in [5, 5.41) is 0. The van der Waals surface area contributed by atoms with Crippen molar-refractivity contribution in [3.8, 4) is 0 Å². The molecule has 6 heteroatoms. The van der Waals surface area contributed by atoms with Gasteiger partial charge in [-0.25, -0.2) is 0 Å². The fraction of sp³-hybridized carbons (Fsp3) is 0.227. The largest absolute Gasteiger partial charge is 0.455 e. The first-order chi connectivity index (χ1) is 13.7. The van der Waals surface area contributed by atoms with Gasteiger partial charge in [-0.05, 0) is 36.4 Å². The number of para-hydroxylation sites is 1. The average Bonchev–Trinajstić information content (AvgIpc) is 3.23. The molecular formula is C22H22N2O3S. The van der Waals surface area contributed by atoms with Gasteiger partial charge in [0.2, 0.25) is 0 Å². The van der Waals surface area contributed by atoms with Crippen LogP contribution in [-0.2, 0) is 16.6 Å². The molecule has 3 aromatic rings. The summed E-state index contributed by atoms with van der Waals surface area (Å²) >= 11 is 0. The first-order valence-electron chi connectivity index (χ1n) is 9.32. The number of anilines is 1. The van der Waals surface area contributed by atoms with Gasteiger partial charge in [0.25, 0.3) is 5.91 Å². The third-order valence-electron chi connectivity index (χ3n) is 4.84. The lowest BCUT2D eigenvalue weighted by Crippen LogP contribution is -2.48. The number of piperazine rings is 1. The zero-order valence-electron chi connectivity index (χ0n) is 15.5. The van der Waals surface area contributed by atoms with Gasteiger partial charge in [-0.15, -0.1) is 0 Å². The number of nitrogens with zero attached hydrogens (tertiary/aromatic N) is 2. The van der Waals surface area contributed by atoms with Gasteiger partial charge in [-0.2, -0.15) is 0 Å². The molecule has 5 nitrogen and oxygen atoms in total. The van der Waals surface area contributed by atoms with Crippen molar-refractivity contribution in [3.05, 3.63) is 84.3 Å². The maximum Gasteiger partial charge on any atom is 0.289 e. The molecule has 0 saturated carbocycles. The van der Waals surface area contributed by atoms with E-state index >= 15 is 0 Å². The minimum Gasteiger partial charge on any atom is -0.455 e. The lowest BCUT2D eigenvalue weighted by molar-refractivity contribution is 0.0713. The van der Waals surface area contributed by atoms with Crippen LogP contribution < -0.4 is 4.90 Å². The summed E-state index contributed by atoms with van der Waals surface area (Å²) < 4.78 is 18.1. The van der Waals surface area contributed by atoms with Crippen LogP contribution in [0.4, 0.5) is 5.69 Å². The lowest BCUT2D eigenvalue weighted by atomic mass is 10.2. The molecule has 1 unspecified atom stereocenters. The molecular weight excluding hydrogens is 372 g/mol. The Balaban J connectivity index is 1.35. The second-order valence-electron chi connectivity index (χ2n) is 6.68. The molecule has 144 valence electrons. The van der Waals surface area contributed by atoms with Crippen LogP contribution in [0.1, 0.15) is 16.3 Å². The van der Waals surface area contributed by atoms with Crippen molar-refractivity contribution < 1.29 is 13.4 Å². The van der Waals surface area contributed by atoms with Crippen molar-refractivity contribution in [2.24, 2.45) is 0 Å². The van der Waals surface area contributed by atoms with Gasteiger partial charge in [-0.1, -0.05) is 36.4 Å². The highest BCUT2D eigenvalue weighted by atomic mass is 32.2. The normalized spacial score (nSPS) is 15.4. The van der Waals surface area contributed by atoms with E-state index in [0.29, 0.717) is 24.6 Å². The monoisotopic (exact) mass is 394 g/mol. The number of hydrogen-bond acceptors (Lipinski definition) is 4. The number of hydrogen-bond donors (Lipinski definition) is 0. The van der Waals surface area contributed by atoms with E-state index in [1.165, 1.54) is 5.69 Å². The van der Waals surface area contributed by atoms with Crippen molar-refractivity contribution in [1.29, 1.82) is 0 Å². The third kappa shape index (κ3) is 4.17. The predicted molar refractivity (Wildman–Crippen MR) is 110 cm³/mol. The molecule has 1 aliphatic heterocycles. The third-order valence-corrected chi connectivity index (χ3v) is 6.18. The summed E-state index contributed by atoms with van der Waals surface area (Å²) in [6.45, 7) is 2.89. The predicted octanol–water partition coefficient (Wildman–Crippen LogP) is 3.55. The van der Waals surface area contributed by atoms with E-state index in [-0.39, 0.29) is 11.7 Å². The Bertz CT molecular complexity index is 948. The van der Waals surface area contributed by atoms with Crippen LogP contribution in [0.2, 0.25) is 0 Å². The second-order valence-corrected chi connectivity index (χ2v) is 8.13. The van der Waals surface area contributed by atoms with Crippen LogP contribution in [0.3, 0.4) is 0 Å². The van der Waals surface area contributed by atoms with E-state index < -0.39 is 10.8 Å². The number of furan rings is 1. The molecule has 1 fully saturated rings. The molecule has 4 rings (SSSR count). The van der Waals surface area contributed by atoms with Crippen molar-refractivity contribution in [2.75, 3.05) is 31.1 Å². The zero-order chi connectivity index (χ0) is 19.3. The summed E-state index contributed by atoms with van der Waals surface area (Å²) in [4.78, 5) is 17.6. The van der Waals surface area contributed by atoms with Crippen molar-refractivity contribution in [1.82, 2.24) is 4.90 Å². The Morgan fingerprint density at radius 3 is 2.18 bits per heavy atom. The van der Waals surface area contributed by atoms with Crippen LogP contribution in [-0.4, -0.2) is 41.2 Å². The summed E-state index contributed by atoms with van der Waals surface area (Å²) in [7, 11) is -1.19. The maximum atomic E-state index is 12.7. The number of benzene rings is 2. The Morgan fingerprint density at radius 1 is 0.857 bits per heavy atom. The number of carbonyl (C=O) groups is 1. The fourth-order valence-corrected chi connectivity index (χ4v) is 4.36. The highest BCUT2D eigenvalue weighted by Gasteiger charge is 2.24. The fourth-order valence-electron chi connectivity index (χ4n) is 3.32.